The lowest BCUT2D eigenvalue weighted by Gasteiger charge is -2.33. The second-order valence-corrected chi connectivity index (χ2v) is 12.8. The van der Waals surface area contributed by atoms with Gasteiger partial charge >= 0.3 is 0 Å². The average molecular weight is 559 g/mol. The smallest absolute Gasteiger partial charge is 0.270 e. The number of anilines is 1. The summed E-state index contributed by atoms with van der Waals surface area (Å²) in [6.07, 6.45) is 3.19. The zero-order valence-corrected chi connectivity index (χ0v) is 24.2. The summed E-state index contributed by atoms with van der Waals surface area (Å²) in [6, 6.07) is 9.20. The van der Waals surface area contributed by atoms with E-state index in [0.29, 0.717) is 35.5 Å². The molecule has 11 nitrogen and oxygen atoms in total. The highest BCUT2D eigenvalue weighted by atomic mass is 16.3. The summed E-state index contributed by atoms with van der Waals surface area (Å²) < 4.78 is 7.91. The first kappa shape index (κ1) is 27.3. The molecule has 41 heavy (non-hydrogen) atoms. The second kappa shape index (κ2) is 10.2. The fourth-order valence-electron chi connectivity index (χ4n) is 5.17. The Kier molecular flexibility index (Phi) is 6.77. The maximum atomic E-state index is 13.6. The number of carbonyl (C=O) groups is 2. The Hall–Kier alpha value is -3.91. The van der Waals surface area contributed by atoms with Crippen LogP contribution in [0, 0.1) is 11.3 Å². The fourth-order valence-corrected chi connectivity index (χ4v) is 5.17. The lowest BCUT2D eigenvalue weighted by atomic mass is 9.92. The van der Waals surface area contributed by atoms with E-state index in [1.165, 1.54) is 0 Å². The number of amides is 2. The highest BCUT2D eigenvalue weighted by Crippen LogP contribution is 2.37. The van der Waals surface area contributed by atoms with Gasteiger partial charge in [-0.25, -0.2) is 4.98 Å². The zero-order chi connectivity index (χ0) is 28.9. The molecule has 3 aliphatic rings. The molecule has 2 N–H and O–H groups in total. The van der Waals surface area contributed by atoms with E-state index in [1.54, 1.807) is 4.68 Å². The van der Waals surface area contributed by atoms with E-state index >= 15 is 0 Å². The molecule has 0 radical (unpaired) electrons. The molecule has 2 aromatic heterocycles. The number of carbonyl (C=O) groups excluding carboxylic acids is 2. The quantitative estimate of drug-likeness (QED) is 0.431. The van der Waals surface area contributed by atoms with Crippen molar-refractivity contribution in [3.8, 4) is 6.07 Å². The Labute approximate surface area is 239 Å². The summed E-state index contributed by atoms with van der Waals surface area (Å²) >= 11 is 0. The first-order valence-electron chi connectivity index (χ1n) is 14.5. The third-order valence-corrected chi connectivity index (χ3v) is 8.24. The molecule has 2 amide bonds. The number of oxazole rings is 1. The Morgan fingerprint density at radius 2 is 1.90 bits per heavy atom. The van der Waals surface area contributed by atoms with Crippen molar-refractivity contribution in [3.63, 3.8) is 0 Å². The minimum Gasteiger partial charge on any atom is -0.441 e. The maximum Gasteiger partial charge on any atom is 0.270 e. The van der Waals surface area contributed by atoms with Crippen LogP contribution in [0.25, 0.3) is 11.1 Å². The molecule has 1 saturated heterocycles. The highest BCUT2D eigenvalue weighted by Gasteiger charge is 2.46. The van der Waals surface area contributed by atoms with Crippen LogP contribution in [-0.2, 0) is 16.6 Å². The normalized spacial score (nSPS) is 19.5. The molecule has 0 bridgehead atoms. The minimum absolute atomic E-state index is 0.0568. The fraction of sp³-hybridized carbons (Fsp3) is 0.567. The van der Waals surface area contributed by atoms with Crippen LogP contribution < -0.4 is 15.5 Å². The van der Waals surface area contributed by atoms with Crippen molar-refractivity contribution in [2.45, 2.75) is 75.9 Å². The van der Waals surface area contributed by atoms with E-state index in [4.69, 9.17) is 9.52 Å². The Morgan fingerprint density at radius 1 is 1.17 bits per heavy atom. The van der Waals surface area contributed by atoms with Crippen molar-refractivity contribution < 1.29 is 14.0 Å². The minimum atomic E-state index is -0.973. The van der Waals surface area contributed by atoms with Crippen molar-refractivity contribution in [2.24, 2.45) is 0 Å². The van der Waals surface area contributed by atoms with Crippen LogP contribution >= 0.6 is 0 Å². The SMILES string of the molecule is CN1CCN(c2ccc3nc(CC(NC(=O)c4cc(C(C)(C)C)nn4C4CC4)C(=O)NC4(C#N)CC4)oc3c2)CC1. The molecule has 1 unspecified atom stereocenters. The number of nitrogens with zero attached hydrogens (tertiary/aromatic N) is 6. The molecule has 2 saturated carbocycles. The van der Waals surface area contributed by atoms with Crippen LogP contribution in [0.1, 0.15) is 74.6 Å². The topological polar surface area (TPSA) is 132 Å². The largest absolute Gasteiger partial charge is 0.441 e. The number of nitrogens with one attached hydrogen (secondary N) is 2. The molecule has 1 atom stereocenters. The third-order valence-electron chi connectivity index (χ3n) is 8.24. The van der Waals surface area contributed by atoms with Gasteiger partial charge in [0.2, 0.25) is 5.91 Å². The van der Waals surface area contributed by atoms with E-state index in [1.807, 2.05) is 24.3 Å². The van der Waals surface area contributed by atoms with Crippen LogP contribution in [0.15, 0.2) is 28.7 Å². The van der Waals surface area contributed by atoms with Gasteiger partial charge in [-0.3, -0.25) is 14.3 Å². The lowest BCUT2D eigenvalue weighted by molar-refractivity contribution is -0.123. The van der Waals surface area contributed by atoms with Gasteiger partial charge in [-0.1, -0.05) is 20.8 Å². The maximum absolute atomic E-state index is 13.6. The van der Waals surface area contributed by atoms with Crippen molar-refractivity contribution in [3.05, 3.63) is 41.5 Å². The molecule has 216 valence electrons. The molecule has 1 aliphatic heterocycles. The van der Waals surface area contributed by atoms with Gasteiger partial charge in [0.05, 0.1) is 24.2 Å². The van der Waals surface area contributed by atoms with Gasteiger partial charge in [0.15, 0.2) is 11.5 Å². The van der Waals surface area contributed by atoms with Crippen molar-refractivity contribution in [2.75, 3.05) is 38.1 Å². The van der Waals surface area contributed by atoms with Crippen molar-refractivity contribution in [1.82, 2.24) is 30.3 Å². The highest BCUT2D eigenvalue weighted by molar-refractivity contribution is 5.97. The van der Waals surface area contributed by atoms with Crippen molar-refractivity contribution in [1.29, 1.82) is 5.26 Å². The third kappa shape index (κ3) is 5.79. The van der Waals surface area contributed by atoms with E-state index in [-0.39, 0.29) is 23.8 Å². The first-order valence-corrected chi connectivity index (χ1v) is 14.5. The monoisotopic (exact) mass is 558 g/mol. The van der Waals surface area contributed by atoms with Crippen LogP contribution in [0.4, 0.5) is 5.69 Å². The number of aromatic nitrogens is 3. The van der Waals surface area contributed by atoms with Crippen LogP contribution in [0.3, 0.4) is 0 Å². The number of piperazine rings is 1. The Morgan fingerprint density at radius 3 is 2.54 bits per heavy atom. The first-order chi connectivity index (χ1) is 19.5. The van der Waals surface area contributed by atoms with E-state index in [9.17, 15) is 14.9 Å². The van der Waals surface area contributed by atoms with Gasteiger partial charge in [-0.05, 0) is 50.9 Å². The van der Waals surface area contributed by atoms with Gasteiger partial charge in [0.25, 0.3) is 5.91 Å². The lowest BCUT2D eigenvalue weighted by Crippen LogP contribution is -2.51. The molecule has 2 aliphatic carbocycles. The van der Waals surface area contributed by atoms with Crippen LogP contribution in [-0.4, -0.2) is 76.3 Å². The number of nitriles is 1. The summed E-state index contributed by atoms with van der Waals surface area (Å²) in [5, 5.41) is 20.1. The molecule has 3 fully saturated rings. The summed E-state index contributed by atoms with van der Waals surface area (Å²) in [6.45, 7) is 10.0. The van der Waals surface area contributed by atoms with Gasteiger partial charge < -0.3 is 24.9 Å². The van der Waals surface area contributed by atoms with Gasteiger partial charge in [0, 0.05) is 43.3 Å². The van der Waals surface area contributed by atoms with Crippen LogP contribution in [0.2, 0.25) is 0 Å². The van der Waals surface area contributed by atoms with Gasteiger partial charge in [-0.15, -0.1) is 0 Å². The zero-order valence-electron chi connectivity index (χ0n) is 24.2. The van der Waals surface area contributed by atoms with Gasteiger partial charge in [0.1, 0.15) is 22.8 Å². The predicted molar refractivity (Wildman–Crippen MR) is 154 cm³/mol. The van der Waals surface area contributed by atoms with E-state index in [0.717, 1.165) is 50.4 Å². The number of rotatable bonds is 8. The van der Waals surface area contributed by atoms with Crippen LogP contribution in [0.5, 0.6) is 0 Å². The standard InChI is InChI=1S/C30H38N8O3/c1-29(2,3)25-17-23(38(35-25)19-5-6-19)28(40)33-22(27(39)34-30(18-31)9-10-30)16-26-32-21-8-7-20(15-24(21)41-26)37-13-11-36(4)12-14-37/h7-8,15,17,19,22H,5-6,9-14,16H2,1-4H3,(H,33,40)(H,34,39). The number of hydrogen-bond acceptors (Lipinski definition) is 8. The summed E-state index contributed by atoms with van der Waals surface area (Å²) in [7, 11) is 2.12. The molecule has 3 heterocycles. The number of likely N-dealkylation sites (N-methyl/N-ethyl adjacent to an activating group) is 1. The van der Waals surface area contributed by atoms with Gasteiger partial charge in [-0.2, -0.15) is 10.4 Å². The molecule has 11 heteroatoms. The molecule has 0 spiro atoms. The predicted octanol–water partition coefficient (Wildman–Crippen LogP) is 2.92. The average Bonchev–Trinajstić information content (AvgIpc) is 3.84. The molecule has 3 aromatic rings. The summed E-state index contributed by atoms with van der Waals surface area (Å²) in [4.78, 5) is 36.3. The molecule has 6 rings (SSSR count). The summed E-state index contributed by atoms with van der Waals surface area (Å²) in [5.74, 6) is -0.453. The second-order valence-electron chi connectivity index (χ2n) is 12.8. The number of hydrogen-bond donors (Lipinski definition) is 2. The summed E-state index contributed by atoms with van der Waals surface area (Å²) in [5.41, 5.74) is 2.58. The van der Waals surface area contributed by atoms with E-state index in [2.05, 4.69) is 59.3 Å². The number of benzene rings is 1. The van der Waals surface area contributed by atoms with Crippen molar-refractivity contribution >= 4 is 28.6 Å². The Bertz CT molecular complexity index is 1510. The van der Waals surface area contributed by atoms with E-state index < -0.39 is 17.5 Å². The molecular formula is C30H38N8O3. The molecule has 1 aromatic carbocycles. The Balaban J connectivity index is 1.25. The number of fused-ring (bicyclic) bond motifs is 1. The molecular weight excluding hydrogens is 520 g/mol.